The maximum atomic E-state index is 12.7. The highest BCUT2D eigenvalue weighted by Gasteiger charge is 2.41. The number of piperidine rings is 1. The molecule has 1 amide bonds. The quantitative estimate of drug-likeness (QED) is 0.827. The molecule has 0 saturated carbocycles. The van der Waals surface area contributed by atoms with Crippen molar-refractivity contribution >= 4 is 17.7 Å². The highest BCUT2D eigenvalue weighted by atomic mass is 32.2. The summed E-state index contributed by atoms with van der Waals surface area (Å²) in [5.41, 5.74) is 0.0395. The second-order valence-corrected chi connectivity index (χ2v) is 6.85. The van der Waals surface area contributed by atoms with Crippen LogP contribution >= 0.6 is 11.8 Å². The highest BCUT2D eigenvalue weighted by molar-refractivity contribution is 8.00. The fraction of sp³-hybridized carbons (Fsp3) is 0.562. The van der Waals surface area contributed by atoms with Gasteiger partial charge in [0.25, 0.3) is 0 Å². The van der Waals surface area contributed by atoms with Crippen LogP contribution in [-0.4, -0.2) is 54.8 Å². The van der Waals surface area contributed by atoms with Gasteiger partial charge >= 0.3 is 0 Å². The van der Waals surface area contributed by atoms with Gasteiger partial charge in [-0.3, -0.25) is 4.79 Å². The predicted octanol–water partition coefficient (Wildman–Crippen LogP) is 1.33. The van der Waals surface area contributed by atoms with Gasteiger partial charge in [-0.25, -0.2) is 0 Å². The molecular weight excluding hydrogens is 282 g/mol. The third kappa shape index (κ3) is 3.42. The molecule has 5 heteroatoms. The molecule has 2 saturated heterocycles. The van der Waals surface area contributed by atoms with Crippen molar-refractivity contribution in [3.8, 4) is 0 Å². The van der Waals surface area contributed by atoms with Crippen LogP contribution in [0.15, 0.2) is 35.2 Å². The molecule has 1 aromatic carbocycles. The molecule has 4 nitrogen and oxygen atoms in total. The largest absolute Gasteiger partial charge is 0.334 e. The minimum absolute atomic E-state index is 0.0395. The molecule has 0 aliphatic carbocycles. The molecular formula is C16H23N3OS. The van der Waals surface area contributed by atoms with Gasteiger partial charge < -0.3 is 15.5 Å². The summed E-state index contributed by atoms with van der Waals surface area (Å²) in [7, 11) is 0. The SMILES string of the molecule is O=C(CSc1ccccc1)N1CCNCC12CCNCC2. The van der Waals surface area contributed by atoms with E-state index >= 15 is 0 Å². The molecule has 0 atom stereocenters. The topological polar surface area (TPSA) is 44.4 Å². The highest BCUT2D eigenvalue weighted by Crippen LogP contribution is 2.29. The number of nitrogens with one attached hydrogen (secondary N) is 2. The van der Waals surface area contributed by atoms with Crippen LogP contribution in [0.4, 0.5) is 0 Å². The van der Waals surface area contributed by atoms with Gasteiger partial charge in [0.15, 0.2) is 0 Å². The minimum atomic E-state index is 0.0395. The van der Waals surface area contributed by atoms with Crippen LogP contribution in [0.5, 0.6) is 0 Å². The first-order valence-electron chi connectivity index (χ1n) is 7.70. The average molecular weight is 305 g/mol. The van der Waals surface area contributed by atoms with E-state index in [9.17, 15) is 4.79 Å². The maximum absolute atomic E-state index is 12.7. The fourth-order valence-electron chi connectivity index (χ4n) is 3.31. The molecule has 1 spiro atoms. The normalized spacial score (nSPS) is 21.4. The number of benzene rings is 1. The lowest BCUT2D eigenvalue weighted by Crippen LogP contribution is -2.66. The van der Waals surface area contributed by atoms with Gasteiger partial charge in [-0.1, -0.05) is 18.2 Å². The summed E-state index contributed by atoms with van der Waals surface area (Å²) in [6, 6.07) is 10.2. The molecule has 2 N–H and O–H groups in total. The Bertz CT molecular complexity index is 465. The maximum Gasteiger partial charge on any atom is 0.233 e. The van der Waals surface area contributed by atoms with E-state index in [1.165, 1.54) is 4.90 Å². The van der Waals surface area contributed by atoms with Crippen molar-refractivity contribution in [1.82, 2.24) is 15.5 Å². The van der Waals surface area contributed by atoms with E-state index in [4.69, 9.17) is 0 Å². The number of rotatable bonds is 3. The summed E-state index contributed by atoms with van der Waals surface area (Å²) in [5.74, 6) is 0.825. The van der Waals surface area contributed by atoms with Crippen LogP contribution in [0.3, 0.4) is 0 Å². The molecule has 1 aromatic rings. The van der Waals surface area contributed by atoms with E-state index in [2.05, 4.69) is 27.7 Å². The Morgan fingerprint density at radius 1 is 1.14 bits per heavy atom. The third-order valence-corrected chi connectivity index (χ3v) is 5.48. The van der Waals surface area contributed by atoms with Crippen molar-refractivity contribution < 1.29 is 4.79 Å². The van der Waals surface area contributed by atoms with Crippen LogP contribution < -0.4 is 10.6 Å². The summed E-state index contributed by atoms with van der Waals surface area (Å²) in [5, 5.41) is 6.88. The molecule has 21 heavy (non-hydrogen) atoms. The molecule has 2 heterocycles. The lowest BCUT2D eigenvalue weighted by molar-refractivity contribution is -0.137. The van der Waals surface area contributed by atoms with E-state index in [1.54, 1.807) is 11.8 Å². The fourth-order valence-corrected chi connectivity index (χ4v) is 4.11. The van der Waals surface area contributed by atoms with Crippen LogP contribution in [-0.2, 0) is 4.79 Å². The Labute approximate surface area is 130 Å². The Balaban J connectivity index is 1.64. The summed E-state index contributed by atoms with van der Waals surface area (Å²) >= 11 is 1.64. The number of piperazine rings is 1. The van der Waals surface area contributed by atoms with Crippen molar-refractivity contribution in [2.24, 2.45) is 0 Å². The Kier molecular flexibility index (Phi) is 4.83. The van der Waals surface area contributed by atoms with Crippen LogP contribution in [0.1, 0.15) is 12.8 Å². The van der Waals surface area contributed by atoms with Crippen LogP contribution in [0, 0.1) is 0 Å². The van der Waals surface area contributed by atoms with Gasteiger partial charge in [-0.15, -0.1) is 11.8 Å². The van der Waals surface area contributed by atoms with Gasteiger partial charge in [-0.2, -0.15) is 0 Å². The van der Waals surface area contributed by atoms with Gasteiger partial charge in [-0.05, 0) is 38.1 Å². The first kappa shape index (κ1) is 14.9. The van der Waals surface area contributed by atoms with Gasteiger partial charge in [0, 0.05) is 24.5 Å². The van der Waals surface area contributed by atoms with Crippen molar-refractivity contribution in [1.29, 1.82) is 0 Å². The van der Waals surface area contributed by atoms with E-state index in [0.717, 1.165) is 45.6 Å². The number of carbonyl (C=O) groups excluding carboxylic acids is 1. The zero-order chi connectivity index (χ0) is 14.5. The molecule has 3 rings (SSSR count). The number of hydrogen-bond acceptors (Lipinski definition) is 4. The monoisotopic (exact) mass is 305 g/mol. The first-order valence-corrected chi connectivity index (χ1v) is 8.69. The van der Waals surface area contributed by atoms with Crippen molar-refractivity contribution in [3.63, 3.8) is 0 Å². The third-order valence-electron chi connectivity index (χ3n) is 4.48. The number of carbonyl (C=O) groups is 1. The summed E-state index contributed by atoms with van der Waals surface area (Å²) in [4.78, 5) is 16.0. The van der Waals surface area contributed by atoms with E-state index in [-0.39, 0.29) is 11.4 Å². The van der Waals surface area contributed by atoms with Crippen LogP contribution in [0.25, 0.3) is 0 Å². The second kappa shape index (κ2) is 6.81. The molecule has 0 bridgehead atoms. The number of nitrogens with zero attached hydrogens (tertiary/aromatic N) is 1. The first-order chi connectivity index (χ1) is 10.3. The minimum Gasteiger partial charge on any atom is -0.334 e. The molecule has 0 unspecified atom stereocenters. The number of thioether (sulfide) groups is 1. The van der Waals surface area contributed by atoms with E-state index in [0.29, 0.717) is 5.75 Å². The molecule has 2 aliphatic heterocycles. The van der Waals surface area contributed by atoms with Crippen molar-refractivity contribution in [2.45, 2.75) is 23.3 Å². The molecule has 0 radical (unpaired) electrons. The Hall–Kier alpha value is -1.04. The number of amides is 1. The zero-order valence-corrected chi connectivity index (χ0v) is 13.1. The lowest BCUT2D eigenvalue weighted by Gasteiger charge is -2.50. The standard InChI is InChI=1S/C16H23N3OS/c20-15(12-21-14-4-2-1-3-5-14)19-11-10-18-13-16(19)6-8-17-9-7-16/h1-5,17-18H,6-13H2. The summed E-state index contributed by atoms with van der Waals surface area (Å²) in [6.45, 7) is 4.72. The molecule has 2 fully saturated rings. The molecule has 2 aliphatic rings. The van der Waals surface area contributed by atoms with Crippen molar-refractivity contribution in [3.05, 3.63) is 30.3 Å². The second-order valence-electron chi connectivity index (χ2n) is 5.80. The van der Waals surface area contributed by atoms with Crippen molar-refractivity contribution in [2.75, 3.05) is 38.5 Å². The van der Waals surface area contributed by atoms with E-state index < -0.39 is 0 Å². The predicted molar refractivity (Wildman–Crippen MR) is 86.6 cm³/mol. The van der Waals surface area contributed by atoms with Crippen LogP contribution in [0.2, 0.25) is 0 Å². The molecule has 0 aromatic heterocycles. The summed E-state index contributed by atoms with van der Waals surface area (Å²) < 4.78 is 0. The van der Waals surface area contributed by atoms with Gasteiger partial charge in [0.1, 0.15) is 0 Å². The average Bonchev–Trinajstić information content (AvgIpc) is 2.55. The Morgan fingerprint density at radius 2 is 1.90 bits per heavy atom. The Morgan fingerprint density at radius 3 is 2.67 bits per heavy atom. The van der Waals surface area contributed by atoms with Gasteiger partial charge in [0.05, 0.1) is 11.3 Å². The van der Waals surface area contributed by atoms with Gasteiger partial charge in [0.2, 0.25) is 5.91 Å². The summed E-state index contributed by atoms with van der Waals surface area (Å²) in [6.07, 6.45) is 2.11. The van der Waals surface area contributed by atoms with E-state index in [1.807, 2.05) is 18.2 Å². The molecule has 114 valence electrons. The number of hydrogen-bond donors (Lipinski definition) is 2. The smallest absolute Gasteiger partial charge is 0.233 e. The zero-order valence-electron chi connectivity index (χ0n) is 12.3. The lowest BCUT2D eigenvalue weighted by atomic mass is 9.84.